The number of morpholine rings is 1. The molecule has 0 aromatic carbocycles. The van der Waals surface area contributed by atoms with Crippen molar-refractivity contribution in [1.82, 2.24) is 15.5 Å². The van der Waals surface area contributed by atoms with Gasteiger partial charge in [0.2, 0.25) is 0 Å². The van der Waals surface area contributed by atoms with Crippen LogP contribution in [0.15, 0.2) is 12.3 Å². The smallest absolute Gasteiger partial charge is 0.318 e. The molecule has 2 amide bonds. The van der Waals surface area contributed by atoms with Gasteiger partial charge in [0.05, 0.1) is 13.2 Å². The lowest BCUT2D eigenvalue weighted by Gasteiger charge is -2.26. The molecule has 0 aromatic heterocycles. The first-order valence-electron chi connectivity index (χ1n) is 6.19. The number of urea groups is 1. The predicted octanol–water partition coefficient (Wildman–Crippen LogP) is 0.787. The topological polar surface area (TPSA) is 53.6 Å². The maximum absolute atomic E-state index is 11.3. The van der Waals surface area contributed by atoms with Crippen molar-refractivity contribution in [3.8, 4) is 0 Å². The zero-order chi connectivity index (χ0) is 12.5. The third-order valence-corrected chi connectivity index (χ3v) is 2.51. The average molecular weight is 241 g/mol. The van der Waals surface area contributed by atoms with E-state index in [9.17, 15) is 4.79 Å². The Morgan fingerprint density at radius 3 is 2.76 bits per heavy atom. The third-order valence-electron chi connectivity index (χ3n) is 2.51. The normalized spacial score (nSPS) is 17.6. The van der Waals surface area contributed by atoms with Crippen molar-refractivity contribution in [3.63, 3.8) is 0 Å². The van der Waals surface area contributed by atoms with E-state index in [0.29, 0.717) is 12.5 Å². The van der Waals surface area contributed by atoms with Crippen LogP contribution in [0.2, 0.25) is 0 Å². The summed E-state index contributed by atoms with van der Waals surface area (Å²) in [5, 5.41) is 5.50. The van der Waals surface area contributed by atoms with Crippen LogP contribution < -0.4 is 10.6 Å². The number of allylic oxidation sites excluding steroid dienone is 1. The van der Waals surface area contributed by atoms with Crippen LogP contribution in [0.1, 0.15) is 13.8 Å². The van der Waals surface area contributed by atoms with E-state index < -0.39 is 0 Å². The summed E-state index contributed by atoms with van der Waals surface area (Å²) in [5.41, 5.74) is 0. The predicted molar refractivity (Wildman–Crippen MR) is 67.8 cm³/mol. The summed E-state index contributed by atoms with van der Waals surface area (Å²) in [6.45, 7) is 9.18. The lowest BCUT2D eigenvalue weighted by Crippen LogP contribution is -2.42. The molecule has 0 bridgehead atoms. The summed E-state index contributed by atoms with van der Waals surface area (Å²) < 4.78 is 5.25. The first-order valence-corrected chi connectivity index (χ1v) is 6.19. The lowest BCUT2D eigenvalue weighted by atomic mass is 10.2. The Hall–Kier alpha value is -1.07. The van der Waals surface area contributed by atoms with Crippen LogP contribution in [0.3, 0.4) is 0 Å². The fraction of sp³-hybridized carbons (Fsp3) is 0.750. The average Bonchev–Trinajstić information content (AvgIpc) is 2.30. The number of hydrogen-bond acceptors (Lipinski definition) is 3. The standard InChI is InChI=1S/C12H23N3O2/c1-11(2)3-4-13-12(16)14-5-6-15-7-9-17-10-8-15/h3-4,11H,5-10H2,1-2H3,(H2,13,14,16)/b4-3+. The molecule has 1 fully saturated rings. The molecular formula is C12H23N3O2. The van der Waals surface area contributed by atoms with Gasteiger partial charge in [-0.3, -0.25) is 4.90 Å². The van der Waals surface area contributed by atoms with Gasteiger partial charge in [-0.2, -0.15) is 0 Å². The van der Waals surface area contributed by atoms with E-state index in [-0.39, 0.29) is 6.03 Å². The van der Waals surface area contributed by atoms with Crippen LogP contribution >= 0.6 is 0 Å². The molecule has 5 heteroatoms. The Morgan fingerprint density at radius 2 is 2.12 bits per heavy atom. The molecule has 0 aromatic rings. The minimum absolute atomic E-state index is 0.143. The lowest BCUT2D eigenvalue weighted by molar-refractivity contribution is 0.0387. The second kappa shape index (κ2) is 8.08. The molecule has 0 atom stereocenters. The Morgan fingerprint density at radius 1 is 1.41 bits per heavy atom. The van der Waals surface area contributed by atoms with E-state index in [1.165, 1.54) is 0 Å². The van der Waals surface area contributed by atoms with Crippen molar-refractivity contribution in [2.45, 2.75) is 13.8 Å². The van der Waals surface area contributed by atoms with Crippen LogP contribution in [0.5, 0.6) is 0 Å². The number of hydrogen-bond donors (Lipinski definition) is 2. The summed E-state index contributed by atoms with van der Waals surface area (Å²) >= 11 is 0. The Balaban J connectivity index is 2.03. The van der Waals surface area contributed by atoms with E-state index in [4.69, 9.17) is 4.74 Å². The molecule has 5 nitrogen and oxygen atoms in total. The number of nitrogens with one attached hydrogen (secondary N) is 2. The molecule has 0 spiro atoms. The zero-order valence-corrected chi connectivity index (χ0v) is 10.7. The molecule has 1 aliphatic rings. The van der Waals surface area contributed by atoms with Gasteiger partial charge in [-0.15, -0.1) is 0 Å². The molecule has 98 valence electrons. The highest BCUT2D eigenvalue weighted by atomic mass is 16.5. The number of carbonyl (C=O) groups is 1. The van der Waals surface area contributed by atoms with Crippen molar-refractivity contribution in [3.05, 3.63) is 12.3 Å². The summed E-state index contributed by atoms with van der Waals surface area (Å²) in [5.74, 6) is 0.448. The second-order valence-electron chi connectivity index (χ2n) is 4.46. The maximum atomic E-state index is 11.3. The summed E-state index contributed by atoms with van der Waals surface area (Å²) in [7, 11) is 0. The first-order chi connectivity index (χ1) is 8.18. The monoisotopic (exact) mass is 241 g/mol. The van der Waals surface area contributed by atoms with Gasteiger partial charge in [0.15, 0.2) is 0 Å². The van der Waals surface area contributed by atoms with Crippen LogP contribution in [-0.2, 0) is 4.74 Å². The van der Waals surface area contributed by atoms with Gasteiger partial charge in [-0.25, -0.2) is 4.79 Å². The van der Waals surface area contributed by atoms with E-state index in [1.54, 1.807) is 6.20 Å². The Kier molecular flexibility index (Phi) is 6.65. The molecule has 1 rings (SSSR count). The van der Waals surface area contributed by atoms with E-state index >= 15 is 0 Å². The zero-order valence-electron chi connectivity index (χ0n) is 10.7. The maximum Gasteiger partial charge on any atom is 0.318 e. The third kappa shape index (κ3) is 6.97. The minimum atomic E-state index is -0.143. The van der Waals surface area contributed by atoms with Crippen molar-refractivity contribution in [1.29, 1.82) is 0 Å². The van der Waals surface area contributed by atoms with Crippen LogP contribution in [0, 0.1) is 5.92 Å². The van der Waals surface area contributed by atoms with Crippen LogP contribution in [0.25, 0.3) is 0 Å². The molecule has 1 saturated heterocycles. The molecule has 0 radical (unpaired) electrons. The molecule has 0 aliphatic carbocycles. The van der Waals surface area contributed by atoms with Gasteiger partial charge in [0, 0.05) is 32.4 Å². The van der Waals surface area contributed by atoms with Gasteiger partial charge >= 0.3 is 6.03 Å². The second-order valence-corrected chi connectivity index (χ2v) is 4.46. The quantitative estimate of drug-likeness (QED) is 0.748. The Bertz CT molecular complexity index is 248. The molecule has 1 heterocycles. The fourth-order valence-corrected chi connectivity index (χ4v) is 1.52. The van der Waals surface area contributed by atoms with Crippen LogP contribution in [-0.4, -0.2) is 50.3 Å². The summed E-state index contributed by atoms with van der Waals surface area (Å²) in [4.78, 5) is 13.6. The van der Waals surface area contributed by atoms with E-state index in [1.807, 2.05) is 6.08 Å². The van der Waals surface area contributed by atoms with Gasteiger partial charge in [-0.1, -0.05) is 19.9 Å². The van der Waals surface area contributed by atoms with Gasteiger partial charge in [0.25, 0.3) is 0 Å². The molecule has 17 heavy (non-hydrogen) atoms. The molecule has 1 aliphatic heterocycles. The summed E-state index contributed by atoms with van der Waals surface area (Å²) in [6.07, 6.45) is 3.64. The van der Waals surface area contributed by atoms with E-state index in [0.717, 1.165) is 32.8 Å². The van der Waals surface area contributed by atoms with Crippen molar-refractivity contribution >= 4 is 6.03 Å². The number of carbonyl (C=O) groups excluding carboxylic acids is 1. The fourth-order valence-electron chi connectivity index (χ4n) is 1.52. The number of ether oxygens (including phenoxy) is 1. The highest BCUT2D eigenvalue weighted by Gasteiger charge is 2.09. The van der Waals surface area contributed by atoms with Gasteiger partial charge in [0.1, 0.15) is 0 Å². The van der Waals surface area contributed by atoms with Gasteiger partial charge in [-0.05, 0) is 5.92 Å². The van der Waals surface area contributed by atoms with Crippen LogP contribution in [0.4, 0.5) is 4.79 Å². The highest BCUT2D eigenvalue weighted by Crippen LogP contribution is 1.94. The Labute approximate surface area is 103 Å². The number of rotatable bonds is 5. The number of amides is 2. The SMILES string of the molecule is CC(C)/C=C/NC(=O)NCCN1CCOCC1. The van der Waals surface area contributed by atoms with E-state index in [2.05, 4.69) is 29.4 Å². The van der Waals surface area contributed by atoms with Gasteiger partial charge < -0.3 is 15.4 Å². The summed E-state index contributed by atoms with van der Waals surface area (Å²) in [6, 6.07) is -0.143. The minimum Gasteiger partial charge on any atom is -0.379 e. The molecule has 0 saturated carbocycles. The van der Waals surface area contributed by atoms with Crippen molar-refractivity contribution < 1.29 is 9.53 Å². The van der Waals surface area contributed by atoms with Crippen molar-refractivity contribution in [2.75, 3.05) is 39.4 Å². The van der Waals surface area contributed by atoms with Crippen molar-refractivity contribution in [2.24, 2.45) is 5.92 Å². The molecule has 2 N–H and O–H groups in total. The number of nitrogens with zero attached hydrogens (tertiary/aromatic N) is 1. The first kappa shape index (κ1) is 14.0. The molecular weight excluding hydrogens is 218 g/mol. The molecule has 0 unspecified atom stereocenters. The highest BCUT2D eigenvalue weighted by molar-refractivity contribution is 5.74. The largest absolute Gasteiger partial charge is 0.379 e.